The van der Waals surface area contributed by atoms with Crippen LogP contribution in [0.2, 0.25) is 5.02 Å². The highest BCUT2D eigenvalue weighted by Gasteiger charge is 2.24. The standard InChI is InChI=1S/C22H18ClN3O2/c23-19-8-2-1-7-18(19)21(27)25-17-10-9-15-6-4-12-26(20(15)13-17)22(28)16-5-3-11-24-14-16/h1-3,5,7-11,13-14H,4,6,12H2,(H,25,27). The summed E-state index contributed by atoms with van der Waals surface area (Å²) >= 11 is 6.11. The van der Waals surface area contributed by atoms with Crippen molar-refractivity contribution in [2.24, 2.45) is 0 Å². The fraction of sp³-hybridized carbons (Fsp3) is 0.136. The molecule has 6 heteroatoms. The maximum atomic E-state index is 12.9. The summed E-state index contributed by atoms with van der Waals surface area (Å²) in [5.41, 5.74) is 3.47. The third kappa shape index (κ3) is 3.62. The fourth-order valence-electron chi connectivity index (χ4n) is 3.35. The number of nitrogens with one attached hydrogen (secondary N) is 1. The maximum Gasteiger partial charge on any atom is 0.259 e. The molecular weight excluding hydrogens is 374 g/mol. The minimum absolute atomic E-state index is 0.0939. The molecule has 2 amide bonds. The number of hydrogen-bond donors (Lipinski definition) is 1. The summed E-state index contributed by atoms with van der Waals surface area (Å²) in [7, 11) is 0. The summed E-state index contributed by atoms with van der Waals surface area (Å²) in [4.78, 5) is 31.3. The minimum Gasteiger partial charge on any atom is -0.322 e. The van der Waals surface area contributed by atoms with Crippen molar-refractivity contribution in [3.05, 3.63) is 88.7 Å². The number of pyridine rings is 1. The van der Waals surface area contributed by atoms with Gasteiger partial charge in [-0.1, -0.05) is 29.8 Å². The highest BCUT2D eigenvalue weighted by Crippen LogP contribution is 2.31. The third-order valence-corrected chi connectivity index (χ3v) is 5.06. The van der Waals surface area contributed by atoms with Gasteiger partial charge in [0.2, 0.25) is 0 Å². The second kappa shape index (κ2) is 7.82. The van der Waals surface area contributed by atoms with Crippen molar-refractivity contribution in [2.75, 3.05) is 16.8 Å². The molecule has 3 aromatic rings. The molecule has 0 bridgehead atoms. The van der Waals surface area contributed by atoms with Gasteiger partial charge in [-0.3, -0.25) is 14.6 Å². The Morgan fingerprint density at radius 2 is 1.93 bits per heavy atom. The molecule has 140 valence electrons. The Bertz CT molecular complexity index is 1040. The van der Waals surface area contributed by atoms with Crippen LogP contribution in [0.5, 0.6) is 0 Å². The molecule has 0 atom stereocenters. The molecule has 4 rings (SSSR count). The second-order valence-electron chi connectivity index (χ2n) is 6.58. The Morgan fingerprint density at radius 3 is 2.71 bits per heavy atom. The van der Waals surface area contributed by atoms with Crippen LogP contribution in [-0.2, 0) is 6.42 Å². The average molecular weight is 392 g/mol. The Morgan fingerprint density at radius 1 is 1.07 bits per heavy atom. The molecule has 0 saturated carbocycles. The summed E-state index contributed by atoms with van der Waals surface area (Å²) < 4.78 is 0. The molecule has 5 nitrogen and oxygen atoms in total. The number of benzene rings is 2. The maximum absolute atomic E-state index is 12.9. The van der Waals surface area contributed by atoms with Gasteiger partial charge in [-0.15, -0.1) is 0 Å². The molecule has 1 aliphatic heterocycles. The molecule has 0 saturated heterocycles. The lowest BCUT2D eigenvalue weighted by molar-refractivity contribution is 0.0983. The van der Waals surface area contributed by atoms with Crippen molar-refractivity contribution in [2.45, 2.75) is 12.8 Å². The van der Waals surface area contributed by atoms with E-state index in [2.05, 4.69) is 10.3 Å². The normalized spacial score (nSPS) is 13.0. The van der Waals surface area contributed by atoms with Crippen LogP contribution < -0.4 is 10.2 Å². The van der Waals surface area contributed by atoms with Crippen molar-refractivity contribution in [1.82, 2.24) is 4.98 Å². The Balaban J connectivity index is 1.62. The first-order chi connectivity index (χ1) is 13.6. The average Bonchev–Trinajstić information content (AvgIpc) is 2.73. The van der Waals surface area contributed by atoms with Crippen LogP contribution in [0.3, 0.4) is 0 Å². The van der Waals surface area contributed by atoms with Crippen molar-refractivity contribution < 1.29 is 9.59 Å². The number of anilines is 2. The number of aryl methyl sites for hydroxylation is 1. The smallest absolute Gasteiger partial charge is 0.259 e. The van der Waals surface area contributed by atoms with Gasteiger partial charge in [0.05, 0.1) is 16.1 Å². The van der Waals surface area contributed by atoms with E-state index in [0.29, 0.717) is 28.4 Å². The number of carbonyl (C=O) groups is 2. The monoisotopic (exact) mass is 391 g/mol. The molecular formula is C22H18ClN3O2. The van der Waals surface area contributed by atoms with Gasteiger partial charge in [0.1, 0.15) is 0 Å². The van der Waals surface area contributed by atoms with E-state index in [1.54, 1.807) is 53.7 Å². The lowest BCUT2D eigenvalue weighted by Crippen LogP contribution is -2.35. The van der Waals surface area contributed by atoms with Crippen LogP contribution in [0.25, 0.3) is 0 Å². The van der Waals surface area contributed by atoms with Gasteiger partial charge in [0, 0.05) is 30.3 Å². The molecule has 1 aromatic heterocycles. The van der Waals surface area contributed by atoms with E-state index in [4.69, 9.17) is 11.6 Å². The number of nitrogens with zero attached hydrogens (tertiary/aromatic N) is 2. The molecule has 0 fully saturated rings. The van der Waals surface area contributed by atoms with E-state index < -0.39 is 0 Å². The van der Waals surface area contributed by atoms with Gasteiger partial charge in [-0.05, 0) is 54.8 Å². The largest absolute Gasteiger partial charge is 0.322 e. The first-order valence-electron chi connectivity index (χ1n) is 9.04. The molecule has 0 spiro atoms. The van der Waals surface area contributed by atoms with E-state index in [0.717, 1.165) is 24.1 Å². The van der Waals surface area contributed by atoms with Gasteiger partial charge in [0.25, 0.3) is 11.8 Å². The highest BCUT2D eigenvalue weighted by molar-refractivity contribution is 6.34. The summed E-state index contributed by atoms with van der Waals surface area (Å²) in [6.07, 6.45) is 5.00. The number of aromatic nitrogens is 1. The van der Waals surface area contributed by atoms with Crippen molar-refractivity contribution >= 4 is 34.8 Å². The van der Waals surface area contributed by atoms with Crippen LogP contribution in [0.1, 0.15) is 32.7 Å². The summed E-state index contributed by atoms with van der Waals surface area (Å²) in [5.74, 6) is -0.380. The van der Waals surface area contributed by atoms with Crippen molar-refractivity contribution in [3.8, 4) is 0 Å². The molecule has 1 aliphatic rings. The van der Waals surface area contributed by atoms with Crippen LogP contribution >= 0.6 is 11.6 Å². The number of halogens is 1. The molecule has 1 N–H and O–H groups in total. The topological polar surface area (TPSA) is 62.3 Å². The van der Waals surface area contributed by atoms with Crippen LogP contribution in [0.15, 0.2) is 67.0 Å². The van der Waals surface area contributed by atoms with E-state index in [1.165, 1.54) is 0 Å². The van der Waals surface area contributed by atoms with E-state index in [1.807, 2.05) is 18.2 Å². The Kier molecular flexibility index (Phi) is 5.08. The van der Waals surface area contributed by atoms with Crippen molar-refractivity contribution in [1.29, 1.82) is 0 Å². The Labute approximate surface area is 168 Å². The third-order valence-electron chi connectivity index (χ3n) is 4.73. The van der Waals surface area contributed by atoms with Gasteiger partial charge < -0.3 is 10.2 Å². The summed E-state index contributed by atoms with van der Waals surface area (Å²) in [5, 5.41) is 3.27. The predicted molar refractivity (Wildman–Crippen MR) is 110 cm³/mol. The van der Waals surface area contributed by atoms with Gasteiger partial charge in [-0.25, -0.2) is 0 Å². The zero-order valence-corrected chi connectivity index (χ0v) is 15.8. The first kappa shape index (κ1) is 18.2. The number of fused-ring (bicyclic) bond motifs is 1. The zero-order chi connectivity index (χ0) is 19.5. The lowest BCUT2D eigenvalue weighted by atomic mass is 10.00. The quantitative estimate of drug-likeness (QED) is 0.710. The van der Waals surface area contributed by atoms with Crippen LogP contribution in [-0.4, -0.2) is 23.3 Å². The molecule has 2 heterocycles. The van der Waals surface area contributed by atoms with Gasteiger partial charge in [0.15, 0.2) is 0 Å². The minimum atomic E-state index is -0.286. The summed E-state index contributed by atoms with van der Waals surface area (Å²) in [6.45, 7) is 0.628. The predicted octanol–water partition coefficient (Wildman–Crippen LogP) is 4.58. The van der Waals surface area contributed by atoms with Gasteiger partial charge in [-0.2, -0.15) is 0 Å². The molecule has 0 aliphatic carbocycles. The lowest BCUT2D eigenvalue weighted by Gasteiger charge is -2.30. The molecule has 2 aromatic carbocycles. The highest BCUT2D eigenvalue weighted by atomic mass is 35.5. The second-order valence-corrected chi connectivity index (χ2v) is 6.99. The number of rotatable bonds is 3. The zero-order valence-electron chi connectivity index (χ0n) is 15.1. The number of carbonyl (C=O) groups excluding carboxylic acids is 2. The van der Waals surface area contributed by atoms with Crippen LogP contribution in [0, 0.1) is 0 Å². The molecule has 28 heavy (non-hydrogen) atoms. The SMILES string of the molecule is O=C(Nc1ccc2c(c1)N(C(=O)c1cccnc1)CCC2)c1ccccc1Cl. The van der Waals surface area contributed by atoms with E-state index >= 15 is 0 Å². The number of amides is 2. The summed E-state index contributed by atoms with van der Waals surface area (Å²) in [6, 6.07) is 16.1. The molecule has 0 radical (unpaired) electrons. The fourth-order valence-corrected chi connectivity index (χ4v) is 3.57. The van der Waals surface area contributed by atoms with Crippen molar-refractivity contribution in [3.63, 3.8) is 0 Å². The van der Waals surface area contributed by atoms with E-state index in [9.17, 15) is 9.59 Å². The van der Waals surface area contributed by atoms with Crippen LogP contribution in [0.4, 0.5) is 11.4 Å². The Hall–Kier alpha value is -3.18. The first-order valence-corrected chi connectivity index (χ1v) is 9.42. The number of hydrogen-bond acceptors (Lipinski definition) is 3. The van der Waals surface area contributed by atoms with Gasteiger partial charge >= 0.3 is 0 Å². The van der Waals surface area contributed by atoms with E-state index in [-0.39, 0.29) is 11.8 Å². The molecule has 0 unspecified atom stereocenters.